The van der Waals surface area contributed by atoms with Crippen LogP contribution in [-0.4, -0.2) is 33.5 Å². The van der Waals surface area contributed by atoms with E-state index >= 15 is 0 Å². The summed E-state index contributed by atoms with van der Waals surface area (Å²) in [5, 5.41) is 2.89. The lowest BCUT2D eigenvalue weighted by molar-refractivity contribution is 0.102. The molecule has 1 aliphatic heterocycles. The molecule has 1 saturated carbocycles. The molecule has 1 aliphatic carbocycles. The maximum atomic E-state index is 12.8. The molecule has 6 nitrogen and oxygen atoms in total. The SMILES string of the molecule is Cc1ccc(S(=O)(=O)NC2CC2)cc1C(=O)Nc1ccc(N2CCCCC2)cc1. The molecule has 0 aromatic heterocycles. The van der Waals surface area contributed by atoms with Crippen LogP contribution in [0.15, 0.2) is 47.4 Å². The van der Waals surface area contributed by atoms with Crippen molar-refractivity contribution in [1.82, 2.24) is 4.72 Å². The van der Waals surface area contributed by atoms with Gasteiger partial charge in [-0.15, -0.1) is 0 Å². The minimum Gasteiger partial charge on any atom is -0.372 e. The van der Waals surface area contributed by atoms with Crippen LogP contribution < -0.4 is 14.9 Å². The molecule has 29 heavy (non-hydrogen) atoms. The topological polar surface area (TPSA) is 78.5 Å². The Morgan fingerprint density at radius 2 is 1.69 bits per heavy atom. The van der Waals surface area contributed by atoms with Gasteiger partial charge in [0.25, 0.3) is 5.91 Å². The van der Waals surface area contributed by atoms with Crippen molar-refractivity contribution in [1.29, 1.82) is 0 Å². The third-order valence-corrected chi connectivity index (χ3v) is 7.03. The molecule has 0 radical (unpaired) electrons. The van der Waals surface area contributed by atoms with Gasteiger partial charge in [-0.1, -0.05) is 6.07 Å². The fourth-order valence-electron chi connectivity index (χ4n) is 3.61. The number of sulfonamides is 1. The lowest BCUT2D eigenvalue weighted by Crippen LogP contribution is -2.29. The van der Waals surface area contributed by atoms with E-state index in [9.17, 15) is 13.2 Å². The van der Waals surface area contributed by atoms with E-state index in [0.717, 1.165) is 37.2 Å². The summed E-state index contributed by atoms with van der Waals surface area (Å²) in [6.45, 7) is 3.95. The van der Waals surface area contributed by atoms with Crippen LogP contribution >= 0.6 is 0 Å². The molecule has 4 rings (SSSR count). The van der Waals surface area contributed by atoms with Crippen molar-refractivity contribution in [3.63, 3.8) is 0 Å². The molecule has 154 valence electrons. The molecule has 2 N–H and O–H groups in total. The second-order valence-corrected chi connectivity index (χ2v) is 9.63. The third-order valence-electron chi connectivity index (χ3n) is 5.51. The van der Waals surface area contributed by atoms with Crippen molar-refractivity contribution in [3.05, 3.63) is 53.6 Å². The molecule has 2 aromatic rings. The first kappa shape index (κ1) is 19.9. The van der Waals surface area contributed by atoms with E-state index in [1.807, 2.05) is 24.3 Å². The van der Waals surface area contributed by atoms with Gasteiger partial charge in [0.15, 0.2) is 0 Å². The summed E-state index contributed by atoms with van der Waals surface area (Å²) in [7, 11) is -3.60. The van der Waals surface area contributed by atoms with E-state index in [2.05, 4.69) is 14.9 Å². The number of nitrogens with zero attached hydrogens (tertiary/aromatic N) is 1. The van der Waals surface area contributed by atoms with E-state index in [1.165, 1.54) is 25.3 Å². The number of amides is 1. The molecule has 2 fully saturated rings. The zero-order valence-corrected chi connectivity index (χ0v) is 17.5. The quantitative estimate of drug-likeness (QED) is 0.757. The number of hydrogen-bond acceptors (Lipinski definition) is 4. The minimum absolute atomic E-state index is 0.0250. The van der Waals surface area contributed by atoms with Gasteiger partial charge < -0.3 is 10.2 Å². The fraction of sp³-hybridized carbons (Fsp3) is 0.409. The van der Waals surface area contributed by atoms with E-state index in [1.54, 1.807) is 19.1 Å². The summed E-state index contributed by atoms with van der Waals surface area (Å²) in [6.07, 6.45) is 5.45. The fourth-order valence-corrected chi connectivity index (χ4v) is 4.94. The Morgan fingerprint density at radius 3 is 2.34 bits per heavy atom. The highest BCUT2D eigenvalue weighted by Crippen LogP contribution is 2.25. The lowest BCUT2D eigenvalue weighted by Gasteiger charge is -2.28. The smallest absolute Gasteiger partial charge is 0.255 e. The van der Waals surface area contributed by atoms with Gasteiger partial charge in [-0.3, -0.25) is 4.79 Å². The minimum atomic E-state index is -3.60. The molecular formula is C22H27N3O3S. The Bertz CT molecular complexity index is 992. The maximum Gasteiger partial charge on any atom is 0.255 e. The van der Waals surface area contributed by atoms with Crippen LogP contribution in [0.25, 0.3) is 0 Å². The molecule has 0 unspecified atom stereocenters. The Kier molecular flexibility index (Phi) is 5.61. The van der Waals surface area contributed by atoms with Crippen LogP contribution in [0, 0.1) is 6.92 Å². The van der Waals surface area contributed by atoms with Crippen LogP contribution in [0.4, 0.5) is 11.4 Å². The average Bonchev–Trinajstić information content (AvgIpc) is 3.52. The van der Waals surface area contributed by atoms with Crippen LogP contribution in [-0.2, 0) is 10.0 Å². The van der Waals surface area contributed by atoms with Gasteiger partial charge in [0.05, 0.1) is 4.90 Å². The number of benzene rings is 2. The number of carbonyl (C=O) groups is 1. The van der Waals surface area contributed by atoms with Crippen molar-refractivity contribution < 1.29 is 13.2 Å². The molecule has 0 bridgehead atoms. The van der Waals surface area contributed by atoms with Gasteiger partial charge in [-0.2, -0.15) is 0 Å². The van der Waals surface area contributed by atoms with Crippen molar-refractivity contribution in [2.75, 3.05) is 23.3 Å². The molecular weight excluding hydrogens is 386 g/mol. The third kappa shape index (κ3) is 4.79. The van der Waals surface area contributed by atoms with Crippen molar-refractivity contribution >= 4 is 27.3 Å². The van der Waals surface area contributed by atoms with E-state index in [4.69, 9.17) is 0 Å². The normalized spacial score (nSPS) is 17.2. The standard InChI is InChI=1S/C22H27N3O3S/c1-16-5-12-20(29(27,28)24-18-6-7-18)15-21(16)22(26)23-17-8-10-19(11-9-17)25-13-3-2-4-14-25/h5,8-12,15,18,24H,2-4,6-7,13-14H2,1H3,(H,23,26). The molecule has 7 heteroatoms. The molecule has 1 heterocycles. The summed E-state index contributed by atoms with van der Waals surface area (Å²) in [5.41, 5.74) is 2.96. The molecule has 0 spiro atoms. The highest BCUT2D eigenvalue weighted by molar-refractivity contribution is 7.89. The highest BCUT2D eigenvalue weighted by atomic mass is 32.2. The summed E-state index contributed by atoms with van der Waals surface area (Å²) >= 11 is 0. The summed E-state index contributed by atoms with van der Waals surface area (Å²) in [4.78, 5) is 15.3. The Hall–Kier alpha value is -2.38. The van der Waals surface area contributed by atoms with Crippen LogP contribution in [0.1, 0.15) is 48.0 Å². The molecule has 1 amide bonds. The number of nitrogens with one attached hydrogen (secondary N) is 2. The van der Waals surface area contributed by atoms with E-state index in [0.29, 0.717) is 11.3 Å². The first-order chi connectivity index (χ1) is 13.9. The van der Waals surface area contributed by atoms with Crippen molar-refractivity contribution in [2.24, 2.45) is 0 Å². The lowest BCUT2D eigenvalue weighted by atomic mass is 10.1. The first-order valence-corrected chi connectivity index (χ1v) is 11.7. The zero-order valence-electron chi connectivity index (χ0n) is 16.6. The predicted octanol–water partition coefficient (Wildman–Crippen LogP) is 3.68. The monoisotopic (exact) mass is 413 g/mol. The Morgan fingerprint density at radius 1 is 1.00 bits per heavy atom. The number of rotatable bonds is 6. The van der Waals surface area contributed by atoms with Crippen LogP contribution in [0.3, 0.4) is 0 Å². The second kappa shape index (κ2) is 8.16. The van der Waals surface area contributed by atoms with Crippen molar-refractivity contribution in [3.8, 4) is 0 Å². The largest absolute Gasteiger partial charge is 0.372 e. The van der Waals surface area contributed by atoms with Gasteiger partial charge >= 0.3 is 0 Å². The Labute approximate surface area is 172 Å². The first-order valence-electron chi connectivity index (χ1n) is 10.2. The number of carbonyl (C=O) groups excluding carboxylic acids is 1. The molecule has 2 aromatic carbocycles. The molecule has 0 atom stereocenters. The van der Waals surface area contributed by atoms with Gasteiger partial charge in [-0.05, 0) is 81.0 Å². The number of anilines is 2. The number of hydrogen-bond donors (Lipinski definition) is 2. The number of piperidine rings is 1. The average molecular weight is 414 g/mol. The Balaban J connectivity index is 1.48. The number of aryl methyl sites for hydroxylation is 1. The molecule has 1 saturated heterocycles. The second-order valence-electron chi connectivity index (χ2n) is 7.92. The van der Waals surface area contributed by atoms with E-state index in [-0.39, 0.29) is 16.8 Å². The van der Waals surface area contributed by atoms with Gasteiger partial charge in [-0.25, -0.2) is 13.1 Å². The van der Waals surface area contributed by atoms with Crippen LogP contribution in [0.5, 0.6) is 0 Å². The van der Waals surface area contributed by atoms with Gasteiger partial charge in [0.1, 0.15) is 0 Å². The zero-order chi connectivity index (χ0) is 20.4. The highest BCUT2D eigenvalue weighted by Gasteiger charge is 2.28. The van der Waals surface area contributed by atoms with Crippen LogP contribution in [0.2, 0.25) is 0 Å². The molecule has 2 aliphatic rings. The van der Waals surface area contributed by atoms with Crippen molar-refractivity contribution in [2.45, 2.75) is 50.0 Å². The predicted molar refractivity (Wildman–Crippen MR) is 115 cm³/mol. The summed E-state index contributed by atoms with van der Waals surface area (Å²) < 4.78 is 27.6. The van der Waals surface area contributed by atoms with E-state index < -0.39 is 10.0 Å². The van der Waals surface area contributed by atoms with Gasteiger partial charge in [0, 0.05) is 36.1 Å². The summed E-state index contributed by atoms with van der Waals surface area (Å²) in [5.74, 6) is -0.309. The van der Waals surface area contributed by atoms with Gasteiger partial charge in [0.2, 0.25) is 10.0 Å². The summed E-state index contributed by atoms with van der Waals surface area (Å²) in [6, 6.07) is 12.5. The maximum absolute atomic E-state index is 12.8.